The second kappa shape index (κ2) is 7.41. The number of rotatable bonds is 6. The number of carbonyl (C=O) groups excluding carboxylic acids is 1. The lowest BCUT2D eigenvalue weighted by Gasteiger charge is -2.25. The third-order valence-corrected chi connectivity index (χ3v) is 3.85. The fourth-order valence-corrected chi connectivity index (χ4v) is 2.57. The van der Waals surface area contributed by atoms with Crippen LogP contribution in [0.4, 0.5) is 5.69 Å². The summed E-state index contributed by atoms with van der Waals surface area (Å²) in [7, 11) is 0. The summed E-state index contributed by atoms with van der Waals surface area (Å²) in [4.78, 5) is 22.6. The number of amides is 1. The molecule has 6 heteroatoms. The maximum Gasteiger partial charge on any atom is 0.282 e. The Hall–Kier alpha value is -1.62. The van der Waals surface area contributed by atoms with Crippen LogP contribution in [0, 0.1) is 27.9 Å². The first kappa shape index (κ1) is 17.4. The normalized spacial score (nSPS) is 11.2. The van der Waals surface area contributed by atoms with Gasteiger partial charge in [-0.05, 0) is 29.9 Å². The third-order valence-electron chi connectivity index (χ3n) is 3.61. The van der Waals surface area contributed by atoms with Crippen molar-refractivity contribution in [2.24, 2.45) is 17.8 Å². The Morgan fingerprint density at radius 2 is 1.86 bits per heavy atom. The van der Waals surface area contributed by atoms with Crippen molar-refractivity contribution in [3.8, 4) is 0 Å². The molecule has 0 aliphatic rings. The number of hydrogen-bond acceptors (Lipinski definition) is 3. The van der Waals surface area contributed by atoms with Gasteiger partial charge in [-0.25, -0.2) is 0 Å². The molecule has 21 heavy (non-hydrogen) atoms. The second-order valence-electron chi connectivity index (χ2n) is 5.78. The summed E-state index contributed by atoms with van der Waals surface area (Å²) in [5.41, 5.74) is -0.235. The minimum Gasteiger partial charge on any atom is -0.352 e. The van der Waals surface area contributed by atoms with E-state index < -0.39 is 10.8 Å². The van der Waals surface area contributed by atoms with Gasteiger partial charge in [0.15, 0.2) is 0 Å². The highest BCUT2D eigenvalue weighted by molar-refractivity contribution is 6.31. The van der Waals surface area contributed by atoms with Crippen molar-refractivity contribution in [1.29, 1.82) is 0 Å². The van der Waals surface area contributed by atoms with Crippen molar-refractivity contribution in [3.05, 3.63) is 38.9 Å². The van der Waals surface area contributed by atoms with E-state index in [4.69, 9.17) is 11.6 Å². The van der Waals surface area contributed by atoms with Crippen LogP contribution in [0.2, 0.25) is 5.02 Å². The van der Waals surface area contributed by atoms with Gasteiger partial charge in [0.2, 0.25) is 0 Å². The number of benzene rings is 1. The van der Waals surface area contributed by atoms with Crippen molar-refractivity contribution in [2.45, 2.75) is 27.7 Å². The Morgan fingerprint density at radius 3 is 2.33 bits per heavy atom. The monoisotopic (exact) mass is 312 g/mol. The summed E-state index contributed by atoms with van der Waals surface area (Å²) < 4.78 is 0. The van der Waals surface area contributed by atoms with E-state index in [1.807, 2.05) is 0 Å². The third kappa shape index (κ3) is 4.70. The fraction of sp³-hybridized carbons (Fsp3) is 0.533. The van der Waals surface area contributed by atoms with Gasteiger partial charge in [0.25, 0.3) is 11.6 Å². The summed E-state index contributed by atoms with van der Waals surface area (Å²) in [5, 5.41) is 14.1. The highest BCUT2D eigenvalue weighted by Crippen LogP contribution is 2.23. The largest absolute Gasteiger partial charge is 0.352 e. The molecule has 0 saturated carbocycles. The summed E-state index contributed by atoms with van der Waals surface area (Å²) in [6, 6.07) is 3.98. The van der Waals surface area contributed by atoms with Gasteiger partial charge in [-0.1, -0.05) is 39.3 Å². The standard InChI is InChI=1S/C15H21ClN2O3/c1-9(2)13(10(3)4)8-17-15(19)12-7-11(16)5-6-14(12)18(20)21/h5-7,9-10,13H,8H2,1-4H3,(H,17,19). The number of hydrogen-bond donors (Lipinski definition) is 1. The predicted molar refractivity (Wildman–Crippen MR) is 83.6 cm³/mol. The Bertz CT molecular complexity index is 522. The summed E-state index contributed by atoms with van der Waals surface area (Å²) >= 11 is 5.83. The second-order valence-corrected chi connectivity index (χ2v) is 6.22. The van der Waals surface area contributed by atoms with Crippen LogP contribution >= 0.6 is 11.6 Å². The zero-order valence-corrected chi connectivity index (χ0v) is 13.5. The van der Waals surface area contributed by atoms with Crippen LogP contribution in [0.15, 0.2) is 18.2 Å². The van der Waals surface area contributed by atoms with Gasteiger partial charge in [-0.2, -0.15) is 0 Å². The van der Waals surface area contributed by atoms with Crippen LogP contribution in [0.25, 0.3) is 0 Å². The molecule has 0 heterocycles. The number of carbonyl (C=O) groups is 1. The number of nitro benzene ring substituents is 1. The van der Waals surface area contributed by atoms with E-state index in [-0.39, 0.29) is 11.3 Å². The van der Waals surface area contributed by atoms with Gasteiger partial charge >= 0.3 is 0 Å². The lowest BCUT2D eigenvalue weighted by molar-refractivity contribution is -0.385. The zero-order chi connectivity index (χ0) is 16.2. The molecule has 0 aromatic heterocycles. The molecule has 0 saturated heterocycles. The van der Waals surface area contributed by atoms with Gasteiger partial charge in [-0.3, -0.25) is 14.9 Å². The van der Waals surface area contributed by atoms with E-state index >= 15 is 0 Å². The molecule has 5 nitrogen and oxygen atoms in total. The Labute approximate surface area is 129 Å². The lowest BCUT2D eigenvalue weighted by atomic mass is 9.85. The maximum absolute atomic E-state index is 12.2. The molecule has 0 bridgehead atoms. The van der Waals surface area contributed by atoms with Crippen molar-refractivity contribution in [3.63, 3.8) is 0 Å². The number of nitro groups is 1. The topological polar surface area (TPSA) is 72.2 Å². The average molecular weight is 313 g/mol. The summed E-state index contributed by atoms with van der Waals surface area (Å²) in [6.07, 6.45) is 0. The van der Waals surface area contributed by atoms with Crippen molar-refractivity contribution >= 4 is 23.2 Å². The molecule has 0 unspecified atom stereocenters. The average Bonchev–Trinajstić information content (AvgIpc) is 2.37. The van der Waals surface area contributed by atoms with Gasteiger partial charge in [0.1, 0.15) is 5.56 Å². The SMILES string of the molecule is CC(C)C(CNC(=O)c1cc(Cl)ccc1[N+](=O)[O-])C(C)C. The van der Waals surface area contributed by atoms with Gasteiger partial charge in [0.05, 0.1) is 4.92 Å². The fourth-order valence-electron chi connectivity index (χ4n) is 2.40. The molecular weight excluding hydrogens is 292 g/mol. The molecule has 1 amide bonds. The minimum absolute atomic E-state index is 0.00115. The van der Waals surface area contributed by atoms with Crippen molar-refractivity contribution in [1.82, 2.24) is 5.32 Å². The Morgan fingerprint density at radius 1 is 1.29 bits per heavy atom. The quantitative estimate of drug-likeness (QED) is 0.639. The van der Waals surface area contributed by atoms with Crippen molar-refractivity contribution in [2.75, 3.05) is 6.54 Å². The molecule has 0 aliphatic heterocycles. The first-order chi connectivity index (χ1) is 9.73. The molecule has 1 aromatic rings. The van der Waals surface area contributed by atoms with Crippen LogP contribution in [0.3, 0.4) is 0 Å². The molecule has 0 radical (unpaired) electrons. The molecular formula is C15H21ClN2O3. The predicted octanol–water partition coefficient (Wildman–Crippen LogP) is 3.91. The van der Waals surface area contributed by atoms with Crippen LogP contribution in [-0.2, 0) is 0 Å². The van der Waals surface area contributed by atoms with Crippen LogP contribution in [-0.4, -0.2) is 17.4 Å². The molecule has 0 atom stereocenters. The molecule has 0 fully saturated rings. The van der Waals surface area contributed by atoms with E-state index in [1.165, 1.54) is 18.2 Å². The highest BCUT2D eigenvalue weighted by atomic mass is 35.5. The number of halogens is 1. The zero-order valence-electron chi connectivity index (χ0n) is 12.7. The Kier molecular flexibility index (Phi) is 6.15. The highest BCUT2D eigenvalue weighted by Gasteiger charge is 2.23. The lowest BCUT2D eigenvalue weighted by Crippen LogP contribution is -2.34. The van der Waals surface area contributed by atoms with Crippen LogP contribution < -0.4 is 5.32 Å². The first-order valence-electron chi connectivity index (χ1n) is 6.96. The molecule has 1 rings (SSSR count). The van der Waals surface area contributed by atoms with E-state index in [2.05, 4.69) is 33.0 Å². The van der Waals surface area contributed by atoms with E-state index in [9.17, 15) is 14.9 Å². The summed E-state index contributed by atoms with van der Waals surface area (Å²) in [5.74, 6) is 0.682. The van der Waals surface area contributed by atoms with Gasteiger partial charge < -0.3 is 5.32 Å². The number of nitrogens with one attached hydrogen (secondary N) is 1. The van der Waals surface area contributed by atoms with E-state index in [0.717, 1.165) is 0 Å². The smallest absolute Gasteiger partial charge is 0.282 e. The van der Waals surface area contributed by atoms with E-state index in [0.29, 0.717) is 29.3 Å². The molecule has 0 aliphatic carbocycles. The summed E-state index contributed by atoms with van der Waals surface area (Å²) in [6.45, 7) is 8.87. The first-order valence-corrected chi connectivity index (χ1v) is 7.34. The molecule has 116 valence electrons. The minimum atomic E-state index is -0.576. The maximum atomic E-state index is 12.2. The van der Waals surface area contributed by atoms with Crippen LogP contribution in [0.1, 0.15) is 38.1 Å². The van der Waals surface area contributed by atoms with Crippen molar-refractivity contribution < 1.29 is 9.72 Å². The van der Waals surface area contributed by atoms with E-state index in [1.54, 1.807) is 0 Å². The number of nitrogens with zero attached hydrogens (tertiary/aromatic N) is 1. The molecule has 0 spiro atoms. The molecule has 1 N–H and O–H groups in total. The van der Waals surface area contributed by atoms with Crippen LogP contribution in [0.5, 0.6) is 0 Å². The Balaban J connectivity index is 2.89. The molecule has 1 aromatic carbocycles. The van der Waals surface area contributed by atoms with Gasteiger partial charge in [-0.15, -0.1) is 0 Å². The van der Waals surface area contributed by atoms with Gasteiger partial charge in [0, 0.05) is 17.6 Å².